The van der Waals surface area contributed by atoms with Gasteiger partial charge in [0.15, 0.2) is 0 Å². The van der Waals surface area contributed by atoms with Crippen molar-refractivity contribution in [2.75, 3.05) is 6.54 Å². The van der Waals surface area contributed by atoms with Crippen molar-refractivity contribution < 1.29 is 19.4 Å². The number of rotatable bonds is 6. The second-order valence-electron chi connectivity index (χ2n) is 6.83. The normalized spacial score (nSPS) is 13.5. The molecule has 0 aliphatic heterocycles. The summed E-state index contributed by atoms with van der Waals surface area (Å²) in [5.41, 5.74) is -0.374. The molecule has 0 heterocycles. The standard InChI is InChI=1S/C17H25NO4/c1-16(2,3)22-13(19)11-18-14(15(20)21)17(4,5)12-9-7-6-8-10-12/h6-10,14,18H,11H2,1-5H3,(H,20,21)/t14-/m1/s1. The first-order valence-corrected chi connectivity index (χ1v) is 7.27. The predicted molar refractivity (Wildman–Crippen MR) is 84.7 cm³/mol. The van der Waals surface area contributed by atoms with Crippen molar-refractivity contribution in [3.63, 3.8) is 0 Å². The molecule has 22 heavy (non-hydrogen) atoms. The Balaban J connectivity index is 2.82. The van der Waals surface area contributed by atoms with E-state index in [1.165, 1.54) is 0 Å². The van der Waals surface area contributed by atoms with E-state index in [0.29, 0.717) is 0 Å². The average Bonchev–Trinajstić information content (AvgIpc) is 2.37. The smallest absolute Gasteiger partial charge is 0.321 e. The highest BCUT2D eigenvalue weighted by atomic mass is 16.6. The summed E-state index contributed by atoms with van der Waals surface area (Å²) in [6, 6.07) is 8.47. The van der Waals surface area contributed by atoms with Gasteiger partial charge >= 0.3 is 11.9 Å². The molecule has 0 aromatic heterocycles. The first-order chi connectivity index (χ1) is 10.0. The van der Waals surface area contributed by atoms with Gasteiger partial charge in [-0.1, -0.05) is 44.2 Å². The first-order valence-electron chi connectivity index (χ1n) is 7.27. The van der Waals surface area contributed by atoms with E-state index < -0.39 is 29.0 Å². The highest BCUT2D eigenvalue weighted by Gasteiger charge is 2.37. The maximum atomic E-state index is 11.8. The molecule has 0 bridgehead atoms. The van der Waals surface area contributed by atoms with Crippen LogP contribution in [0.5, 0.6) is 0 Å². The summed E-state index contributed by atoms with van der Waals surface area (Å²) in [5, 5.41) is 12.3. The Kier molecular flexibility index (Phi) is 5.72. The van der Waals surface area contributed by atoms with Crippen LogP contribution in [-0.2, 0) is 19.7 Å². The fourth-order valence-corrected chi connectivity index (χ4v) is 2.25. The summed E-state index contributed by atoms with van der Waals surface area (Å²) >= 11 is 0. The van der Waals surface area contributed by atoms with E-state index >= 15 is 0 Å². The highest BCUT2D eigenvalue weighted by molar-refractivity contribution is 5.78. The molecule has 0 unspecified atom stereocenters. The maximum absolute atomic E-state index is 11.8. The van der Waals surface area contributed by atoms with Crippen LogP contribution in [0.25, 0.3) is 0 Å². The van der Waals surface area contributed by atoms with Crippen molar-refractivity contribution >= 4 is 11.9 Å². The van der Waals surface area contributed by atoms with E-state index in [9.17, 15) is 14.7 Å². The molecule has 2 N–H and O–H groups in total. The molecule has 0 spiro atoms. The summed E-state index contributed by atoms with van der Waals surface area (Å²) in [6.45, 7) is 8.84. The van der Waals surface area contributed by atoms with Gasteiger partial charge in [-0.3, -0.25) is 14.9 Å². The number of aliphatic carboxylic acids is 1. The number of carboxylic acids is 1. The quantitative estimate of drug-likeness (QED) is 0.789. The predicted octanol–water partition coefficient (Wildman–Crippen LogP) is 2.35. The monoisotopic (exact) mass is 307 g/mol. The van der Waals surface area contributed by atoms with Crippen LogP contribution in [0, 0.1) is 0 Å². The van der Waals surface area contributed by atoms with E-state index in [1.54, 1.807) is 20.8 Å². The lowest BCUT2D eigenvalue weighted by Gasteiger charge is -2.32. The number of esters is 1. The number of benzene rings is 1. The van der Waals surface area contributed by atoms with E-state index in [2.05, 4.69) is 5.32 Å². The van der Waals surface area contributed by atoms with E-state index in [4.69, 9.17) is 4.74 Å². The third-order valence-corrected chi connectivity index (χ3v) is 3.36. The fourth-order valence-electron chi connectivity index (χ4n) is 2.25. The largest absolute Gasteiger partial charge is 0.480 e. The number of ether oxygens (including phenoxy) is 1. The molecule has 0 aliphatic carbocycles. The molecular weight excluding hydrogens is 282 g/mol. The second-order valence-corrected chi connectivity index (χ2v) is 6.83. The van der Waals surface area contributed by atoms with Crippen LogP contribution in [0.3, 0.4) is 0 Å². The van der Waals surface area contributed by atoms with Gasteiger partial charge in [-0.15, -0.1) is 0 Å². The van der Waals surface area contributed by atoms with Crippen LogP contribution >= 0.6 is 0 Å². The van der Waals surface area contributed by atoms with Gasteiger partial charge in [0.2, 0.25) is 0 Å². The van der Waals surface area contributed by atoms with Gasteiger partial charge in [0.05, 0.1) is 6.54 Å². The lowest BCUT2D eigenvalue weighted by Crippen LogP contribution is -2.52. The lowest BCUT2D eigenvalue weighted by atomic mass is 9.77. The highest BCUT2D eigenvalue weighted by Crippen LogP contribution is 2.27. The Morgan fingerprint density at radius 3 is 2.14 bits per heavy atom. The van der Waals surface area contributed by atoms with Gasteiger partial charge < -0.3 is 9.84 Å². The van der Waals surface area contributed by atoms with Crippen LogP contribution in [0.2, 0.25) is 0 Å². The molecule has 0 radical (unpaired) electrons. The summed E-state index contributed by atoms with van der Waals surface area (Å²) in [4.78, 5) is 23.4. The van der Waals surface area contributed by atoms with Gasteiger partial charge in [0.25, 0.3) is 0 Å². The van der Waals surface area contributed by atoms with Crippen LogP contribution < -0.4 is 5.32 Å². The van der Waals surface area contributed by atoms with Crippen molar-refractivity contribution in [3.8, 4) is 0 Å². The van der Waals surface area contributed by atoms with Gasteiger partial charge in [0.1, 0.15) is 11.6 Å². The Labute approximate surface area is 131 Å². The maximum Gasteiger partial charge on any atom is 0.321 e. The third kappa shape index (κ3) is 5.15. The molecule has 0 amide bonds. The summed E-state index contributed by atoms with van der Waals surface area (Å²) in [5.74, 6) is -1.47. The molecule has 0 aliphatic rings. The zero-order valence-corrected chi connectivity index (χ0v) is 13.8. The van der Waals surface area contributed by atoms with Gasteiger partial charge in [0, 0.05) is 5.41 Å². The van der Waals surface area contributed by atoms with E-state index in [-0.39, 0.29) is 6.54 Å². The third-order valence-electron chi connectivity index (χ3n) is 3.36. The number of carboxylic acid groups (broad SMARTS) is 1. The van der Waals surface area contributed by atoms with Gasteiger partial charge in [-0.2, -0.15) is 0 Å². The number of carbonyl (C=O) groups excluding carboxylic acids is 1. The van der Waals surface area contributed by atoms with E-state index in [0.717, 1.165) is 5.56 Å². The summed E-state index contributed by atoms with van der Waals surface area (Å²) in [7, 11) is 0. The number of nitrogens with one attached hydrogen (secondary N) is 1. The SMILES string of the molecule is CC(C)(C)OC(=O)CN[C@H](C(=O)O)C(C)(C)c1ccccc1. The number of carbonyl (C=O) groups is 2. The zero-order chi connectivity index (χ0) is 17.0. The molecule has 5 nitrogen and oxygen atoms in total. The molecule has 0 fully saturated rings. The second kappa shape index (κ2) is 6.92. The molecule has 0 saturated carbocycles. The van der Waals surface area contributed by atoms with Crippen LogP contribution in [0.1, 0.15) is 40.2 Å². The number of hydrogen-bond donors (Lipinski definition) is 2. The first kappa shape index (κ1) is 18.2. The van der Waals surface area contributed by atoms with Crippen LogP contribution in [-0.4, -0.2) is 35.2 Å². The van der Waals surface area contributed by atoms with Crippen LogP contribution in [0.4, 0.5) is 0 Å². The molecule has 1 aromatic carbocycles. The zero-order valence-electron chi connectivity index (χ0n) is 13.8. The van der Waals surface area contributed by atoms with Crippen molar-refractivity contribution in [3.05, 3.63) is 35.9 Å². The van der Waals surface area contributed by atoms with Crippen LogP contribution in [0.15, 0.2) is 30.3 Å². The Hall–Kier alpha value is -1.88. The Morgan fingerprint density at radius 2 is 1.68 bits per heavy atom. The van der Waals surface area contributed by atoms with Gasteiger partial charge in [-0.25, -0.2) is 0 Å². The molecular formula is C17H25NO4. The fraction of sp³-hybridized carbons (Fsp3) is 0.529. The minimum atomic E-state index is -1.00. The van der Waals surface area contributed by atoms with E-state index in [1.807, 2.05) is 44.2 Å². The topological polar surface area (TPSA) is 75.6 Å². The minimum Gasteiger partial charge on any atom is -0.480 e. The minimum absolute atomic E-state index is 0.148. The summed E-state index contributed by atoms with van der Waals surface area (Å²) in [6.07, 6.45) is 0. The lowest BCUT2D eigenvalue weighted by molar-refractivity contribution is -0.154. The summed E-state index contributed by atoms with van der Waals surface area (Å²) < 4.78 is 5.19. The molecule has 1 atom stereocenters. The molecule has 5 heteroatoms. The Bertz CT molecular complexity index is 517. The molecule has 0 saturated heterocycles. The molecule has 122 valence electrons. The van der Waals surface area contributed by atoms with Crippen molar-refractivity contribution in [1.29, 1.82) is 0 Å². The average molecular weight is 307 g/mol. The molecule has 1 rings (SSSR count). The van der Waals surface area contributed by atoms with Crippen molar-refractivity contribution in [1.82, 2.24) is 5.32 Å². The van der Waals surface area contributed by atoms with Crippen molar-refractivity contribution in [2.45, 2.75) is 51.7 Å². The Morgan fingerprint density at radius 1 is 1.14 bits per heavy atom. The number of hydrogen-bond acceptors (Lipinski definition) is 4. The molecule has 1 aromatic rings. The van der Waals surface area contributed by atoms with Gasteiger partial charge in [-0.05, 0) is 26.3 Å². The van der Waals surface area contributed by atoms with Crippen molar-refractivity contribution in [2.24, 2.45) is 0 Å².